The Balaban J connectivity index is 2.21. The van der Waals surface area contributed by atoms with E-state index in [0.717, 1.165) is 0 Å². The van der Waals surface area contributed by atoms with Gasteiger partial charge in [-0.2, -0.15) is 4.98 Å². The molecule has 0 aliphatic heterocycles. The number of nitrogens with zero attached hydrogens (tertiary/aromatic N) is 3. The Labute approximate surface area is 118 Å². The van der Waals surface area contributed by atoms with Gasteiger partial charge >= 0.3 is 0 Å². The Hall–Kier alpha value is -1.92. The number of rotatable bonds is 3. The average molecular weight is 299 g/mol. The van der Waals surface area contributed by atoms with Gasteiger partial charge in [-0.25, -0.2) is 9.97 Å². The lowest BCUT2D eigenvalue weighted by molar-refractivity contribution is 0.102. The van der Waals surface area contributed by atoms with Crippen molar-refractivity contribution in [2.75, 3.05) is 12.4 Å². The molecule has 6 nitrogen and oxygen atoms in total. The Kier molecular flexibility index (Phi) is 4.13. The molecule has 0 aliphatic carbocycles. The molecule has 0 radical (unpaired) electrons. The number of hydrogen-bond acceptors (Lipinski definition) is 5. The van der Waals surface area contributed by atoms with Gasteiger partial charge < -0.3 is 4.74 Å². The summed E-state index contributed by atoms with van der Waals surface area (Å²) in [6.45, 7) is 0. The van der Waals surface area contributed by atoms with Crippen molar-refractivity contribution in [3.05, 3.63) is 40.3 Å². The second kappa shape index (κ2) is 5.81. The van der Waals surface area contributed by atoms with Crippen LogP contribution in [0.2, 0.25) is 10.3 Å². The summed E-state index contributed by atoms with van der Waals surface area (Å²) in [6, 6.07) is 4.38. The third-order valence-corrected chi connectivity index (χ3v) is 2.49. The number of anilines is 1. The van der Waals surface area contributed by atoms with E-state index in [0.29, 0.717) is 5.56 Å². The smallest absolute Gasteiger partial charge is 0.258 e. The number of amides is 1. The van der Waals surface area contributed by atoms with E-state index in [1.54, 1.807) is 0 Å². The molecule has 2 aromatic rings. The number of aromatic nitrogens is 3. The second-order valence-electron chi connectivity index (χ2n) is 3.38. The Morgan fingerprint density at radius 1 is 1.26 bits per heavy atom. The number of carbonyl (C=O) groups excluding carboxylic acids is 1. The van der Waals surface area contributed by atoms with Gasteiger partial charge in [-0.05, 0) is 12.1 Å². The van der Waals surface area contributed by atoms with Crippen LogP contribution in [0.4, 0.5) is 5.95 Å². The van der Waals surface area contributed by atoms with Crippen molar-refractivity contribution in [3.63, 3.8) is 0 Å². The maximum atomic E-state index is 11.9. The highest BCUT2D eigenvalue weighted by molar-refractivity contribution is 6.30. The largest absolute Gasteiger partial charge is 0.481 e. The molecule has 0 saturated heterocycles. The summed E-state index contributed by atoms with van der Waals surface area (Å²) in [5, 5.41) is 2.87. The molecule has 2 aromatic heterocycles. The summed E-state index contributed by atoms with van der Waals surface area (Å²) in [7, 11) is 1.44. The maximum Gasteiger partial charge on any atom is 0.258 e. The molecule has 2 heterocycles. The zero-order valence-electron chi connectivity index (χ0n) is 9.72. The lowest BCUT2D eigenvalue weighted by Gasteiger charge is -2.06. The first-order valence-corrected chi connectivity index (χ1v) is 5.85. The summed E-state index contributed by atoms with van der Waals surface area (Å²) in [6.07, 6.45) is 1.43. The van der Waals surface area contributed by atoms with E-state index in [2.05, 4.69) is 20.3 Å². The van der Waals surface area contributed by atoms with Crippen molar-refractivity contribution in [3.8, 4) is 5.88 Å². The van der Waals surface area contributed by atoms with E-state index < -0.39 is 5.91 Å². The Bertz CT molecular complexity index is 621. The molecule has 98 valence electrons. The van der Waals surface area contributed by atoms with Crippen LogP contribution in [-0.2, 0) is 0 Å². The van der Waals surface area contributed by atoms with Crippen LogP contribution in [0.5, 0.6) is 5.88 Å². The zero-order chi connectivity index (χ0) is 13.8. The van der Waals surface area contributed by atoms with Crippen molar-refractivity contribution < 1.29 is 9.53 Å². The minimum atomic E-state index is -0.423. The molecule has 2 rings (SSSR count). The second-order valence-corrected chi connectivity index (χ2v) is 4.15. The number of halogens is 2. The standard InChI is InChI=1S/C11H8Cl2N4O2/c1-19-9-5-8(13)15-11(16-9)17-10(18)6-2-3-14-7(12)4-6/h2-5H,1H3,(H,15,16,17,18). The Morgan fingerprint density at radius 2 is 2.05 bits per heavy atom. The normalized spacial score (nSPS) is 10.1. The van der Waals surface area contributed by atoms with Gasteiger partial charge in [-0.3, -0.25) is 10.1 Å². The number of ether oxygens (including phenoxy) is 1. The lowest BCUT2D eigenvalue weighted by Crippen LogP contribution is -2.14. The molecular weight excluding hydrogens is 291 g/mol. The first-order chi connectivity index (χ1) is 9.08. The number of carbonyl (C=O) groups is 1. The molecule has 0 spiro atoms. The molecule has 0 aliphatic rings. The lowest BCUT2D eigenvalue weighted by atomic mass is 10.2. The van der Waals surface area contributed by atoms with E-state index in [1.807, 2.05) is 0 Å². The van der Waals surface area contributed by atoms with Crippen LogP contribution < -0.4 is 10.1 Å². The van der Waals surface area contributed by atoms with E-state index in [-0.39, 0.29) is 22.1 Å². The fourth-order valence-corrected chi connectivity index (χ4v) is 1.62. The van der Waals surface area contributed by atoms with E-state index in [9.17, 15) is 4.79 Å². The van der Waals surface area contributed by atoms with Crippen LogP contribution in [-0.4, -0.2) is 28.0 Å². The molecule has 0 atom stereocenters. The quantitative estimate of drug-likeness (QED) is 0.695. The molecule has 0 fully saturated rings. The SMILES string of the molecule is COc1cc(Cl)nc(NC(=O)c2ccnc(Cl)c2)n1. The Morgan fingerprint density at radius 3 is 2.74 bits per heavy atom. The summed E-state index contributed by atoms with van der Waals surface area (Å²) >= 11 is 11.5. The molecule has 0 saturated carbocycles. The van der Waals surface area contributed by atoms with Gasteiger partial charge in [0.25, 0.3) is 5.91 Å². The number of methoxy groups -OCH3 is 1. The third-order valence-electron chi connectivity index (χ3n) is 2.09. The summed E-state index contributed by atoms with van der Waals surface area (Å²) in [4.78, 5) is 23.5. The third kappa shape index (κ3) is 3.52. The highest BCUT2D eigenvalue weighted by atomic mass is 35.5. The summed E-state index contributed by atoms with van der Waals surface area (Å²) < 4.78 is 4.92. The first kappa shape index (κ1) is 13.5. The number of pyridine rings is 1. The topological polar surface area (TPSA) is 77.0 Å². The van der Waals surface area contributed by atoms with Gasteiger partial charge in [0.05, 0.1) is 7.11 Å². The number of nitrogens with one attached hydrogen (secondary N) is 1. The van der Waals surface area contributed by atoms with Crippen LogP contribution >= 0.6 is 23.2 Å². The monoisotopic (exact) mass is 298 g/mol. The molecule has 8 heteroatoms. The van der Waals surface area contributed by atoms with Gasteiger partial charge in [0, 0.05) is 17.8 Å². The van der Waals surface area contributed by atoms with Crippen molar-refractivity contribution in [1.29, 1.82) is 0 Å². The predicted molar refractivity (Wildman–Crippen MR) is 70.8 cm³/mol. The molecule has 1 N–H and O–H groups in total. The fraction of sp³-hybridized carbons (Fsp3) is 0.0909. The first-order valence-electron chi connectivity index (χ1n) is 5.10. The van der Waals surface area contributed by atoms with E-state index in [1.165, 1.54) is 31.5 Å². The van der Waals surface area contributed by atoms with Gasteiger partial charge in [-0.15, -0.1) is 0 Å². The van der Waals surface area contributed by atoms with E-state index >= 15 is 0 Å². The van der Waals surface area contributed by atoms with Crippen LogP contribution in [0, 0.1) is 0 Å². The molecule has 1 amide bonds. The molecule has 19 heavy (non-hydrogen) atoms. The van der Waals surface area contributed by atoms with Gasteiger partial charge in [0.1, 0.15) is 10.3 Å². The molecule has 0 aromatic carbocycles. The summed E-state index contributed by atoms with van der Waals surface area (Å²) in [5.41, 5.74) is 0.336. The van der Waals surface area contributed by atoms with Gasteiger partial charge in [-0.1, -0.05) is 23.2 Å². The van der Waals surface area contributed by atoms with Crippen LogP contribution in [0.15, 0.2) is 24.4 Å². The summed E-state index contributed by atoms with van der Waals surface area (Å²) in [5.74, 6) is -0.126. The molecule has 0 unspecified atom stereocenters. The van der Waals surface area contributed by atoms with Crippen molar-refractivity contribution >= 4 is 35.1 Å². The molecule has 0 bridgehead atoms. The van der Waals surface area contributed by atoms with Crippen LogP contribution in [0.1, 0.15) is 10.4 Å². The predicted octanol–water partition coefficient (Wildman–Crippen LogP) is 2.44. The number of hydrogen-bond donors (Lipinski definition) is 1. The minimum Gasteiger partial charge on any atom is -0.481 e. The highest BCUT2D eigenvalue weighted by Gasteiger charge is 2.10. The minimum absolute atomic E-state index is 0.0438. The maximum absolute atomic E-state index is 11.9. The highest BCUT2D eigenvalue weighted by Crippen LogP contribution is 2.16. The van der Waals surface area contributed by atoms with Gasteiger partial charge in [0.15, 0.2) is 0 Å². The fourth-order valence-electron chi connectivity index (χ4n) is 1.27. The van der Waals surface area contributed by atoms with Crippen LogP contribution in [0.25, 0.3) is 0 Å². The van der Waals surface area contributed by atoms with E-state index in [4.69, 9.17) is 27.9 Å². The van der Waals surface area contributed by atoms with Crippen molar-refractivity contribution in [2.24, 2.45) is 0 Å². The zero-order valence-corrected chi connectivity index (χ0v) is 11.2. The van der Waals surface area contributed by atoms with Crippen LogP contribution in [0.3, 0.4) is 0 Å². The van der Waals surface area contributed by atoms with Gasteiger partial charge in [0.2, 0.25) is 11.8 Å². The van der Waals surface area contributed by atoms with Crippen molar-refractivity contribution in [2.45, 2.75) is 0 Å². The average Bonchev–Trinajstić information content (AvgIpc) is 2.38. The molecular formula is C11H8Cl2N4O2. The van der Waals surface area contributed by atoms with Crippen molar-refractivity contribution in [1.82, 2.24) is 15.0 Å².